The van der Waals surface area contributed by atoms with Crippen LogP contribution in [-0.2, 0) is 9.53 Å². The third-order valence-corrected chi connectivity index (χ3v) is 2.61. The average Bonchev–Trinajstić information content (AvgIpc) is 1.88. The Bertz CT molecular complexity index is 116. The minimum absolute atomic E-state index is 0.178. The van der Waals surface area contributed by atoms with Gasteiger partial charge in [-0.2, -0.15) is 0 Å². The topological polar surface area (TPSA) is 26.3 Å². The van der Waals surface area contributed by atoms with Crippen LogP contribution in [0.2, 0.25) is 0 Å². The van der Waals surface area contributed by atoms with E-state index in [1.165, 1.54) is 18.9 Å². The van der Waals surface area contributed by atoms with E-state index >= 15 is 0 Å². The van der Waals surface area contributed by atoms with Gasteiger partial charge in [0.05, 0.1) is 12.5 Å². The van der Waals surface area contributed by atoms with Crippen LogP contribution in [0.15, 0.2) is 0 Å². The number of hydrogen-bond acceptors (Lipinski definition) is 3. The van der Waals surface area contributed by atoms with E-state index in [-0.39, 0.29) is 16.6 Å². The van der Waals surface area contributed by atoms with Crippen LogP contribution in [-0.4, -0.2) is 30.0 Å². The van der Waals surface area contributed by atoms with Crippen molar-refractivity contribution in [2.45, 2.75) is 17.6 Å². The maximum Gasteiger partial charge on any atom is 0.320 e. The van der Waals surface area contributed by atoms with Gasteiger partial charge in [0.25, 0.3) is 0 Å². The Kier molecular flexibility index (Phi) is 4.91. The molecular formula is C6H11ClO2S. The highest BCUT2D eigenvalue weighted by molar-refractivity contribution is 8.00. The van der Waals surface area contributed by atoms with E-state index < -0.39 is 0 Å². The summed E-state index contributed by atoms with van der Waals surface area (Å²) in [6.45, 7) is 1.78. The summed E-state index contributed by atoms with van der Waals surface area (Å²) < 4.78 is 4.52. The number of esters is 1. The van der Waals surface area contributed by atoms with E-state index in [0.717, 1.165) is 0 Å². The lowest BCUT2D eigenvalue weighted by molar-refractivity contribution is -0.139. The summed E-state index contributed by atoms with van der Waals surface area (Å²) in [7, 11) is 1.37. The quantitative estimate of drug-likeness (QED) is 0.489. The number of carbonyl (C=O) groups excluding carboxylic acids is 1. The smallest absolute Gasteiger partial charge is 0.320 e. The van der Waals surface area contributed by atoms with Gasteiger partial charge in [-0.3, -0.25) is 4.79 Å². The molecule has 0 spiro atoms. The largest absolute Gasteiger partial charge is 0.468 e. The van der Waals surface area contributed by atoms with Crippen molar-refractivity contribution < 1.29 is 9.53 Å². The van der Waals surface area contributed by atoms with Crippen molar-refractivity contribution in [1.82, 2.24) is 0 Å². The molecule has 0 aliphatic carbocycles. The molecule has 60 valence electrons. The van der Waals surface area contributed by atoms with Crippen molar-refractivity contribution in [3.63, 3.8) is 0 Å². The van der Waals surface area contributed by atoms with Crippen LogP contribution in [0.25, 0.3) is 0 Å². The molecule has 0 fully saturated rings. The maximum absolute atomic E-state index is 10.9. The first-order chi connectivity index (χ1) is 4.63. The van der Waals surface area contributed by atoms with Crippen molar-refractivity contribution in [3.8, 4) is 0 Å². The Labute approximate surface area is 70.3 Å². The van der Waals surface area contributed by atoms with Gasteiger partial charge < -0.3 is 4.74 Å². The molecule has 0 unspecified atom stereocenters. The van der Waals surface area contributed by atoms with E-state index in [9.17, 15) is 4.79 Å². The fraction of sp³-hybridized carbons (Fsp3) is 0.833. The molecule has 10 heavy (non-hydrogen) atoms. The Balaban J connectivity index is 3.93. The first-order valence-electron chi connectivity index (χ1n) is 2.88. The molecule has 0 aromatic heterocycles. The molecule has 0 bridgehead atoms. The van der Waals surface area contributed by atoms with E-state index in [2.05, 4.69) is 4.74 Å². The summed E-state index contributed by atoms with van der Waals surface area (Å²) in [6, 6.07) is 0. The van der Waals surface area contributed by atoms with Crippen LogP contribution in [0.4, 0.5) is 0 Å². The highest BCUT2D eigenvalue weighted by Gasteiger charge is 2.22. The second-order valence-electron chi connectivity index (χ2n) is 1.86. The van der Waals surface area contributed by atoms with Crippen LogP contribution >= 0.6 is 23.4 Å². The Morgan fingerprint density at radius 2 is 2.20 bits per heavy atom. The SMILES string of the molecule is COC(=O)[C@@H](SC)[C@@H](C)Cl. The van der Waals surface area contributed by atoms with Gasteiger partial charge >= 0.3 is 5.97 Å². The molecular weight excluding hydrogens is 172 g/mol. The van der Waals surface area contributed by atoms with Gasteiger partial charge in [-0.05, 0) is 13.2 Å². The van der Waals surface area contributed by atoms with Crippen molar-refractivity contribution in [2.24, 2.45) is 0 Å². The Morgan fingerprint density at radius 3 is 2.30 bits per heavy atom. The molecule has 0 rings (SSSR count). The first-order valence-corrected chi connectivity index (χ1v) is 4.60. The number of hydrogen-bond donors (Lipinski definition) is 0. The molecule has 4 heteroatoms. The highest BCUT2D eigenvalue weighted by Crippen LogP contribution is 2.16. The lowest BCUT2D eigenvalue weighted by Gasteiger charge is -2.12. The molecule has 0 aliphatic heterocycles. The van der Waals surface area contributed by atoms with Gasteiger partial charge in [-0.25, -0.2) is 0 Å². The number of methoxy groups -OCH3 is 1. The zero-order valence-electron chi connectivity index (χ0n) is 6.26. The summed E-state index contributed by atoms with van der Waals surface area (Å²) in [6.07, 6.45) is 1.83. The molecule has 0 N–H and O–H groups in total. The molecule has 0 saturated carbocycles. The third kappa shape index (κ3) is 2.80. The van der Waals surface area contributed by atoms with Crippen molar-refractivity contribution in [1.29, 1.82) is 0 Å². The van der Waals surface area contributed by atoms with E-state index in [1.807, 2.05) is 6.26 Å². The van der Waals surface area contributed by atoms with Gasteiger partial charge in [0.2, 0.25) is 0 Å². The summed E-state index contributed by atoms with van der Waals surface area (Å²) in [5.74, 6) is -0.255. The number of rotatable bonds is 3. The number of ether oxygens (including phenoxy) is 1. The monoisotopic (exact) mass is 182 g/mol. The zero-order valence-corrected chi connectivity index (χ0v) is 7.83. The second-order valence-corrected chi connectivity index (χ2v) is 3.52. The number of carbonyl (C=O) groups is 1. The maximum atomic E-state index is 10.9. The summed E-state index contributed by atoms with van der Waals surface area (Å²) in [5, 5.41) is -0.422. The van der Waals surface area contributed by atoms with Gasteiger partial charge in [0.1, 0.15) is 5.25 Å². The molecule has 2 atom stereocenters. The van der Waals surface area contributed by atoms with Gasteiger partial charge in [0, 0.05) is 0 Å². The minimum Gasteiger partial charge on any atom is -0.468 e. The number of thioether (sulfide) groups is 1. The van der Waals surface area contributed by atoms with Gasteiger partial charge in [-0.1, -0.05) is 0 Å². The molecule has 2 nitrogen and oxygen atoms in total. The summed E-state index contributed by atoms with van der Waals surface area (Å²) in [4.78, 5) is 10.9. The molecule has 0 saturated heterocycles. The third-order valence-electron chi connectivity index (χ3n) is 1.10. The van der Waals surface area contributed by atoms with Crippen LogP contribution in [0, 0.1) is 0 Å². The molecule has 0 amide bonds. The second kappa shape index (κ2) is 4.85. The average molecular weight is 183 g/mol. The fourth-order valence-corrected chi connectivity index (χ4v) is 1.66. The number of halogens is 1. The first kappa shape index (κ1) is 10.1. The fourth-order valence-electron chi connectivity index (χ4n) is 0.587. The predicted molar refractivity (Wildman–Crippen MR) is 44.6 cm³/mol. The Morgan fingerprint density at radius 1 is 1.70 bits per heavy atom. The highest BCUT2D eigenvalue weighted by atomic mass is 35.5. The van der Waals surface area contributed by atoms with Crippen molar-refractivity contribution in [2.75, 3.05) is 13.4 Å². The van der Waals surface area contributed by atoms with E-state index in [4.69, 9.17) is 11.6 Å². The predicted octanol–water partition coefficient (Wildman–Crippen LogP) is 1.52. The van der Waals surface area contributed by atoms with Crippen LogP contribution in [0.3, 0.4) is 0 Å². The molecule has 0 aromatic carbocycles. The summed E-state index contributed by atoms with van der Waals surface area (Å²) in [5.41, 5.74) is 0. The van der Waals surface area contributed by atoms with Crippen molar-refractivity contribution in [3.05, 3.63) is 0 Å². The van der Waals surface area contributed by atoms with Gasteiger partial charge in [-0.15, -0.1) is 23.4 Å². The minimum atomic E-state index is -0.255. The molecule has 0 radical (unpaired) electrons. The lowest BCUT2D eigenvalue weighted by atomic mass is 10.3. The Hall–Kier alpha value is 0.110. The van der Waals surface area contributed by atoms with Gasteiger partial charge in [0.15, 0.2) is 0 Å². The lowest BCUT2D eigenvalue weighted by Crippen LogP contribution is -2.26. The number of alkyl halides is 1. The van der Waals surface area contributed by atoms with E-state index in [1.54, 1.807) is 6.92 Å². The van der Waals surface area contributed by atoms with Crippen LogP contribution < -0.4 is 0 Å². The molecule has 0 aromatic rings. The van der Waals surface area contributed by atoms with Crippen molar-refractivity contribution >= 4 is 29.3 Å². The normalized spacial score (nSPS) is 16.0. The standard InChI is InChI=1S/C6H11ClO2S/c1-4(7)5(10-3)6(8)9-2/h4-5H,1-3H3/t4-,5+/m1/s1. The van der Waals surface area contributed by atoms with Crippen LogP contribution in [0.1, 0.15) is 6.92 Å². The zero-order chi connectivity index (χ0) is 8.15. The van der Waals surface area contributed by atoms with E-state index in [0.29, 0.717) is 0 Å². The van der Waals surface area contributed by atoms with Crippen LogP contribution in [0.5, 0.6) is 0 Å². The summed E-state index contributed by atoms with van der Waals surface area (Å²) >= 11 is 7.10. The molecule has 0 aliphatic rings. The molecule has 0 heterocycles.